The maximum atomic E-state index is 11.9. The SMILES string of the molecule is COc1cc(-c2c(O)cc(O)c(Cl)c2O)cnc1C(=O)NCC(=O)O. The number of carbonyl (C=O) groups excluding carboxylic acids is 1. The lowest BCUT2D eigenvalue weighted by atomic mass is 10.0. The number of ether oxygens (including phenoxy) is 1. The van der Waals surface area contributed by atoms with Gasteiger partial charge in [0.1, 0.15) is 28.8 Å². The van der Waals surface area contributed by atoms with E-state index in [2.05, 4.69) is 10.3 Å². The number of hydrogen-bond donors (Lipinski definition) is 5. The quantitative estimate of drug-likeness (QED) is 0.530. The Kier molecular flexibility index (Phi) is 5.18. The number of benzene rings is 1. The minimum Gasteiger partial charge on any atom is -0.507 e. The van der Waals surface area contributed by atoms with Gasteiger partial charge >= 0.3 is 5.97 Å². The van der Waals surface area contributed by atoms with Gasteiger partial charge in [0.05, 0.1) is 12.7 Å². The highest BCUT2D eigenvalue weighted by molar-refractivity contribution is 6.34. The van der Waals surface area contributed by atoms with Crippen molar-refractivity contribution in [1.82, 2.24) is 10.3 Å². The zero-order valence-corrected chi connectivity index (χ0v) is 13.5. The van der Waals surface area contributed by atoms with Crippen LogP contribution in [0.1, 0.15) is 10.5 Å². The number of amides is 1. The summed E-state index contributed by atoms with van der Waals surface area (Å²) in [6.07, 6.45) is 1.15. The third-order valence-corrected chi connectivity index (χ3v) is 3.55. The molecule has 25 heavy (non-hydrogen) atoms. The first kappa shape index (κ1) is 18.1. The Labute approximate surface area is 146 Å². The van der Waals surface area contributed by atoms with Gasteiger partial charge in [0, 0.05) is 17.8 Å². The van der Waals surface area contributed by atoms with Crippen LogP contribution < -0.4 is 10.1 Å². The average Bonchev–Trinajstić information content (AvgIpc) is 2.57. The lowest BCUT2D eigenvalue weighted by Gasteiger charge is -2.13. The van der Waals surface area contributed by atoms with Gasteiger partial charge in [-0.3, -0.25) is 9.59 Å². The molecule has 0 saturated heterocycles. The molecule has 1 heterocycles. The van der Waals surface area contributed by atoms with Crippen LogP contribution in [0.5, 0.6) is 23.0 Å². The summed E-state index contributed by atoms with van der Waals surface area (Å²) in [5.74, 6) is -3.58. The van der Waals surface area contributed by atoms with Gasteiger partial charge in [0.15, 0.2) is 11.4 Å². The average molecular weight is 369 g/mol. The second-order valence-corrected chi connectivity index (χ2v) is 5.18. The number of carbonyl (C=O) groups is 2. The van der Waals surface area contributed by atoms with E-state index < -0.39 is 35.7 Å². The smallest absolute Gasteiger partial charge is 0.322 e. The van der Waals surface area contributed by atoms with E-state index in [0.717, 1.165) is 12.3 Å². The van der Waals surface area contributed by atoms with Gasteiger partial charge in [-0.2, -0.15) is 0 Å². The van der Waals surface area contributed by atoms with Gasteiger partial charge in [-0.1, -0.05) is 11.6 Å². The van der Waals surface area contributed by atoms with Crippen LogP contribution in [0.2, 0.25) is 5.02 Å². The number of nitrogens with one attached hydrogen (secondary N) is 1. The molecule has 1 aromatic carbocycles. The Morgan fingerprint density at radius 1 is 1.24 bits per heavy atom. The summed E-state index contributed by atoms with van der Waals surface area (Å²) in [6.45, 7) is -0.597. The molecule has 0 spiro atoms. The minimum absolute atomic E-state index is 0.0246. The third kappa shape index (κ3) is 3.66. The first-order valence-corrected chi connectivity index (χ1v) is 7.11. The van der Waals surface area contributed by atoms with Crippen molar-refractivity contribution < 1.29 is 34.8 Å². The second-order valence-electron chi connectivity index (χ2n) is 4.80. The molecule has 1 aromatic heterocycles. The molecule has 10 heteroatoms. The maximum absolute atomic E-state index is 11.9. The fraction of sp³-hybridized carbons (Fsp3) is 0.133. The van der Waals surface area contributed by atoms with Gasteiger partial charge in [-0.25, -0.2) is 4.98 Å². The van der Waals surface area contributed by atoms with Gasteiger partial charge < -0.3 is 30.5 Å². The minimum atomic E-state index is -1.22. The van der Waals surface area contributed by atoms with Crippen molar-refractivity contribution in [1.29, 1.82) is 0 Å². The summed E-state index contributed by atoms with van der Waals surface area (Å²) in [5, 5.41) is 39.8. The van der Waals surface area contributed by atoms with E-state index in [4.69, 9.17) is 21.4 Å². The van der Waals surface area contributed by atoms with Crippen molar-refractivity contribution in [2.75, 3.05) is 13.7 Å². The highest BCUT2D eigenvalue weighted by atomic mass is 35.5. The number of aromatic nitrogens is 1. The summed E-state index contributed by atoms with van der Waals surface area (Å²) in [6, 6.07) is 2.24. The van der Waals surface area contributed by atoms with E-state index in [1.54, 1.807) is 0 Å². The van der Waals surface area contributed by atoms with Crippen LogP contribution in [0.25, 0.3) is 11.1 Å². The zero-order valence-electron chi connectivity index (χ0n) is 12.8. The molecule has 2 aromatic rings. The number of carboxylic acid groups (broad SMARTS) is 1. The number of phenols is 3. The molecule has 0 fully saturated rings. The van der Waals surface area contributed by atoms with Gasteiger partial charge in [-0.05, 0) is 6.07 Å². The first-order chi connectivity index (χ1) is 11.8. The van der Waals surface area contributed by atoms with E-state index in [0.29, 0.717) is 0 Å². The predicted molar refractivity (Wildman–Crippen MR) is 86.2 cm³/mol. The van der Waals surface area contributed by atoms with Gasteiger partial charge in [-0.15, -0.1) is 0 Å². The number of rotatable bonds is 5. The number of halogens is 1. The summed E-state index contributed by atoms with van der Waals surface area (Å²) in [4.78, 5) is 26.3. The van der Waals surface area contributed by atoms with Gasteiger partial charge in [0.25, 0.3) is 5.91 Å². The molecule has 9 nitrogen and oxygen atoms in total. The Morgan fingerprint density at radius 3 is 2.52 bits per heavy atom. The molecule has 0 atom stereocenters. The molecule has 0 radical (unpaired) electrons. The molecule has 0 unspecified atom stereocenters. The Hall–Kier alpha value is -3.20. The monoisotopic (exact) mass is 368 g/mol. The van der Waals surface area contributed by atoms with E-state index in [-0.39, 0.29) is 27.6 Å². The Balaban J connectivity index is 2.48. The number of pyridine rings is 1. The highest BCUT2D eigenvalue weighted by Gasteiger charge is 2.21. The zero-order chi connectivity index (χ0) is 18.7. The van der Waals surface area contributed by atoms with Crippen LogP contribution in [-0.2, 0) is 4.79 Å². The maximum Gasteiger partial charge on any atom is 0.322 e. The largest absolute Gasteiger partial charge is 0.507 e. The number of methoxy groups -OCH3 is 1. The van der Waals surface area contributed by atoms with Crippen molar-refractivity contribution in [3.05, 3.63) is 29.0 Å². The highest BCUT2D eigenvalue weighted by Crippen LogP contribution is 2.46. The van der Waals surface area contributed by atoms with E-state index in [9.17, 15) is 24.9 Å². The summed E-state index contributed by atoms with van der Waals surface area (Å²) in [5.41, 5.74) is -0.147. The van der Waals surface area contributed by atoms with Crippen molar-refractivity contribution in [2.45, 2.75) is 0 Å². The van der Waals surface area contributed by atoms with Crippen LogP contribution in [0.3, 0.4) is 0 Å². The number of carboxylic acids is 1. The van der Waals surface area contributed by atoms with Crippen LogP contribution in [-0.4, -0.2) is 50.9 Å². The van der Waals surface area contributed by atoms with Crippen LogP contribution >= 0.6 is 11.6 Å². The molecule has 2 rings (SSSR count). The number of hydrogen-bond acceptors (Lipinski definition) is 7. The molecule has 0 saturated carbocycles. The molecule has 0 aliphatic carbocycles. The van der Waals surface area contributed by atoms with E-state index >= 15 is 0 Å². The molecular formula is C15H13ClN2O7. The number of nitrogens with zero attached hydrogens (tertiary/aromatic N) is 1. The number of phenolic OH excluding ortho intramolecular Hbond substituents is 3. The van der Waals surface area contributed by atoms with Crippen LogP contribution in [0.15, 0.2) is 18.3 Å². The van der Waals surface area contributed by atoms with Gasteiger partial charge in [0.2, 0.25) is 0 Å². The summed E-state index contributed by atoms with van der Waals surface area (Å²) in [7, 11) is 1.26. The Morgan fingerprint density at radius 2 is 1.92 bits per heavy atom. The van der Waals surface area contributed by atoms with Crippen molar-refractivity contribution in [3.8, 4) is 34.1 Å². The van der Waals surface area contributed by atoms with Crippen molar-refractivity contribution in [3.63, 3.8) is 0 Å². The molecule has 5 N–H and O–H groups in total. The van der Waals surface area contributed by atoms with Crippen LogP contribution in [0, 0.1) is 0 Å². The molecule has 132 valence electrons. The standard InChI is InChI=1S/C15H13ClN2O7/c1-25-9-2-6(4-17-13(9)15(24)18-5-10(21)22)11-7(19)3-8(20)12(16)14(11)23/h2-4,19-20,23H,5H2,1H3,(H,18,24)(H,21,22). The fourth-order valence-electron chi connectivity index (χ4n) is 2.05. The molecule has 0 aliphatic heterocycles. The molecule has 1 amide bonds. The second kappa shape index (κ2) is 7.14. The van der Waals surface area contributed by atoms with E-state index in [1.165, 1.54) is 13.2 Å². The third-order valence-electron chi connectivity index (χ3n) is 3.18. The molecule has 0 bridgehead atoms. The Bertz CT molecular complexity index is 854. The molecular weight excluding hydrogens is 356 g/mol. The van der Waals surface area contributed by atoms with Crippen molar-refractivity contribution >= 4 is 23.5 Å². The lowest BCUT2D eigenvalue weighted by molar-refractivity contribution is -0.135. The predicted octanol–water partition coefficient (Wildman–Crippen LogP) is 1.34. The first-order valence-electron chi connectivity index (χ1n) is 6.74. The van der Waals surface area contributed by atoms with Crippen molar-refractivity contribution in [2.24, 2.45) is 0 Å². The lowest BCUT2D eigenvalue weighted by Crippen LogP contribution is -2.30. The molecule has 0 aliphatic rings. The number of aromatic hydroxyl groups is 3. The normalized spacial score (nSPS) is 10.3. The van der Waals surface area contributed by atoms with Crippen LogP contribution in [0.4, 0.5) is 0 Å². The fourth-order valence-corrected chi connectivity index (χ4v) is 2.20. The summed E-state index contributed by atoms with van der Waals surface area (Å²) < 4.78 is 5.05. The number of aliphatic carboxylic acids is 1. The topological polar surface area (TPSA) is 149 Å². The summed E-state index contributed by atoms with van der Waals surface area (Å²) >= 11 is 5.75. The van der Waals surface area contributed by atoms with E-state index in [1.807, 2.05) is 0 Å².